The second-order valence-corrected chi connectivity index (χ2v) is 6.72. The largest absolute Gasteiger partial charge is 0.357 e. The third-order valence-corrected chi connectivity index (χ3v) is 4.94. The van der Waals surface area contributed by atoms with Crippen LogP contribution in [0.15, 0.2) is 24.4 Å². The van der Waals surface area contributed by atoms with Crippen LogP contribution < -0.4 is 5.32 Å². The molecule has 2 heterocycles. The zero-order valence-corrected chi connectivity index (χ0v) is 12.6. The highest BCUT2D eigenvalue weighted by Gasteiger charge is 2.03. The monoisotopic (exact) mass is 289 g/mol. The van der Waals surface area contributed by atoms with Crippen molar-refractivity contribution in [3.05, 3.63) is 39.8 Å². The first-order valence-corrected chi connectivity index (χ1v) is 7.92. The van der Waals surface area contributed by atoms with E-state index in [9.17, 15) is 0 Å². The van der Waals surface area contributed by atoms with Gasteiger partial charge in [0.15, 0.2) is 5.13 Å². The van der Waals surface area contributed by atoms with Gasteiger partial charge < -0.3 is 5.32 Å². The van der Waals surface area contributed by atoms with Crippen LogP contribution in [0, 0.1) is 6.92 Å². The van der Waals surface area contributed by atoms with Crippen molar-refractivity contribution < 1.29 is 0 Å². The molecule has 0 aliphatic heterocycles. The van der Waals surface area contributed by atoms with Crippen molar-refractivity contribution in [3.63, 3.8) is 0 Å². The Balaban J connectivity index is 1.73. The maximum absolute atomic E-state index is 4.47. The van der Waals surface area contributed by atoms with E-state index in [0.717, 1.165) is 28.6 Å². The summed E-state index contributed by atoms with van der Waals surface area (Å²) in [5.74, 6) is 0. The Bertz CT molecular complexity index is 700. The Morgan fingerprint density at radius 2 is 2.16 bits per heavy atom. The summed E-state index contributed by atoms with van der Waals surface area (Å²) in [4.78, 5) is 10.2. The lowest BCUT2D eigenvalue weighted by Gasteiger charge is -2.02. The molecule has 1 N–H and O–H groups in total. The van der Waals surface area contributed by atoms with E-state index in [2.05, 4.69) is 40.4 Å². The van der Waals surface area contributed by atoms with Crippen LogP contribution in [-0.4, -0.2) is 9.97 Å². The average Bonchev–Trinajstić information content (AvgIpc) is 3.00. The van der Waals surface area contributed by atoms with E-state index in [0.29, 0.717) is 0 Å². The number of hydrogen-bond acceptors (Lipinski definition) is 5. The second kappa shape index (κ2) is 5.27. The van der Waals surface area contributed by atoms with Crippen LogP contribution in [0.1, 0.15) is 22.4 Å². The number of hydrogen-bond donors (Lipinski definition) is 1. The van der Waals surface area contributed by atoms with Crippen molar-refractivity contribution in [1.82, 2.24) is 9.97 Å². The standard InChI is InChI=1S/C14H15N3S2/c1-3-11-8-16-14(19-11)15-7-10-4-5-12-13(6-10)18-9(2)17-12/h4-6,8H,3,7H2,1-2H3,(H,15,16). The number of nitrogens with one attached hydrogen (secondary N) is 1. The Morgan fingerprint density at radius 1 is 1.26 bits per heavy atom. The van der Waals surface area contributed by atoms with Gasteiger partial charge in [0.2, 0.25) is 0 Å². The average molecular weight is 289 g/mol. The first kappa shape index (κ1) is 12.6. The Hall–Kier alpha value is -1.46. The van der Waals surface area contributed by atoms with E-state index >= 15 is 0 Å². The fourth-order valence-electron chi connectivity index (χ4n) is 1.92. The van der Waals surface area contributed by atoms with Gasteiger partial charge in [-0.3, -0.25) is 0 Å². The molecule has 3 rings (SSSR count). The Morgan fingerprint density at radius 3 is 2.95 bits per heavy atom. The second-order valence-electron chi connectivity index (χ2n) is 4.37. The third kappa shape index (κ3) is 2.77. The van der Waals surface area contributed by atoms with Gasteiger partial charge in [-0.2, -0.15) is 0 Å². The van der Waals surface area contributed by atoms with Gasteiger partial charge >= 0.3 is 0 Å². The first-order valence-electron chi connectivity index (χ1n) is 6.29. The van der Waals surface area contributed by atoms with Crippen LogP contribution >= 0.6 is 22.7 Å². The summed E-state index contributed by atoms with van der Waals surface area (Å²) in [5, 5.41) is 5.49. The maximum Gasteiger partial charge on any atom is 0.183 e. The van der Waals surface area contributed by atoms with Gasteiger partial charge in [0.25, 0.3) is 0 Å². The number of benzene rings is 1. The number of thiazole rings is 2. The number of aryl methyl sites for hydroxylation is 2. The molecular weight excluding hydrogens is 274 g/mol. The highest BCUT2D eigenvalue weighted by atomic mass is 32.1. The highest BCUT2D eigenvalue weighted by Crippen LogP contribution is 2.24. The zero-order chi connectivity index (χ0) is 13.2. The summed E-state index contributed by atoms with van der Waals surface area (Å²) in [6.45, 7) is 5.01. The van der Waals surface area contributed by atoms with Crippen LogP contribution in [0.2, 0.25) is 0 Å². The summed E-state index contributed by atoms with van der Waals surface area (Å²) < 4.78 is 1.25. The molecule has 0 aliphatic carbocycles. The van der Waals surface area contributed by atoms with E-state index in [1.807, 2.05) is 13.1 Å². The topological polar surface area (TPSA) is 37.8 Å². The quantitative estimate of drug-likeness (QED) is 0.781. The molecule has 0 aliphatic rings. The molecule has 19 heavy (non-hydrogen) atoms. The summed E-state index contributed by atoms with van der Waals surface area (Å²) in [6.07, 6.45) is 2.99. The Labute approximate surface area is 120 Å². The minimum absolute atomic E-state index is 0.809. The van der Waals surface area contributed by atoms with E-state index < -0.39 is 0 Å². The molecule has 0 amide bonds. The van der Waals surface area contributed by atoms with E-state index in [-0.39, 0.29) is 0 Å². The summed E-state index contributed by atoms with van der Waals surface area (Å²) in [7, 11) is 0. The van der Waals surface area contributed by atoms with Crippen molar-refractivity contribution in [3.8, 4) is 0 Å². The lowest BCUT2D eigenvalue weighted by molar-refractivity contribution is 1.13. The highest BCUT2D eigenvalue weighted by molar-refractivity contribution is 7.18. The van der Waals surface area contributed by atoms with Crippen molar-refractivity contribution in [1.29, 1.82) is 0 Å². The van der Waals surface area contributed by atoms with Gasteiger partial charge in [0.05, 0.1) is 15.2 Å². The SMILES string of the molecule is CCc1cnc(NCc2ccc3nc(C)sc3c2)s1. The summed E-state index contributed by atoms with van der Waals surface area (Å²) >= 11 is 3.47. The molecule has 98 valence electrons. The van der Waals surface area contributed by atoms with Crippen molar-refractivity contribution in [2.75, 3.05) is 5.32 Å². The number of nitrogens with zero attached hydrogens (tertiary/aromatic N) is 2. The molecule has 2 aromatic heterocycles. The third-order valence-electron chi connectivity index (χ3n) is 2.91. The van der Waals surface area contributed by atoms with E-state index in [1.165, 1.54) is 15.1 Å². The molecule has 0 saturated carbocycles. The van der Waals surface area contributed by atoms with Gasteiger partial charge in [0.1, 0.15) is 0 Å². The summed E-state index contributed by atoms with van der Waals surface area (Å²) in [6, 6.07) is 6.43. The van der Waals surface area contributed by atoms with Crippen LogP contribution in [0.3, 0.4) is 0 Å². The number of fused-ring (bicyclic) bond motifs is 1. The number of aromatic nitrogens is 2. The van der Waals surface area contributed by atoms with Gasteiger partial charge in [-0.15, -0.1) is 22.7 Å². The molecule has 3 nitrogen and oxygen atoms in total. The van der Waals surface area contributed by atoms with Crippen LogP contribution in [0.5, 0.6) is 0 Å². The normalized spacial score (nSPS) is 11.1. The molecule has 3 aromatic rings. The zero-order valence-electron chi connectivity index (χ0n) is 10.9. The van der Waals surface area contributed by atoms with Crippen LogP contribution in [0.4, 0.5) is 5.13 Å². The molecule has 0 spiro atoms. The molecule has 1 aromatic carbocycles. The number of anilines is 1. The molecule has 0 bridgehead atoms. The van der Waals surface area contributed by atoms with Crippen LogP contribution in [-0.2, 0) is 13.0 Å². The smallest absolute Gasteiger partial charge is 0.183 e. The number of rotatable bonds is 4. The minimum atomic E-state index is 0.809. The van der Waals surface area contributed by atoms with E-state index in [4.69, 9.17) is 0 Å². The fourth-order valence-corrected chi connectivity index (χ4v) is 3.56. The molecule has 0 saturated heterocycles. The van der Waals surface area contributed by atoms with E-state index in [1.54, 1.807) is 22.7 Å². The van der Waals surface area contributed by atoms with Crippen LogP contribution in [0.25, 0.3) is 10.2 Å². The van der Waals surface area contributed by atoms with Gasteiger partial charge in [-0.1, -0.05) is 13.0 Å². The predicted octanol–water partition coefficient (Wildman–Crippen LogP) is 4.24. The first-order chi connectivity index (χ1) is 9.24. The molecule has 0 fully saturated rings. The van der Waals surface area contributed by atoms with Gasteiger partial charge in [-0.25, -0.2) is 9.97 Å². The molecule has 0 unspecified atom stereocenters. The van der Waals surface area contributed by atoms with Crippen molar-refractivity contribution in [2.24, 2.45) is 0 Å². The minimum Gasteiger partial charge on any atom is -0.357 e. The lowest BCUT2D eigenvalue weighted by Crippen LogP contribution is -1.98. The Kier molecular flexibility index (Phi) is 3.48. The fraction of sp³-hybridized carbons (Fsp3) is 0.286. The maximum atomic E-state index is 4.47. The van der Waals surface area contributed by atoms with Crippen molar-refractivity contribution >= 4 is 38.0 Å². The van der Waals surface area contributed by atoms with Gasteiger partial charge in [-0.05, 0) is 31.0 Å². The molecule has 0 atom stereocenters. The van der Waals surface area contributed by atoms with Crippen molar-refractivity contribution in [2.45, 2.75) is 26.8 Å². The summed E-state index contributed by atoms with van der Waals surface area (Å²) in [5.41, 5.74) is 2.36. The van der Waals surface area contributed by atoms with Gasteiger partial charge in [0, 0.05) is 17.6 Å². The molecular formula is C14H15N3S2. The predicted molar refractivity (Wildman–Crippen MR) is 83.2 cm³/mol. The molecule has 5 heteroatoms. The molecule has 0 radical (unpaired) electrons. The lowest BCUT2D eigenvalue weighted by atomic mass is 10.2.